The molecule has 1 aromatic carbocycles. The molecule has 0 spiro atoms. The Kier molecular flexibility index (Phi) is 4.07. The van der Waals surface area contributed by atoms with Crippen molar-refractivity contribution in [1.82, 2.24) is 0 Å². The van der Waals surface area contributed by atoms with E-state index >= 15 is 0 Å². The quantitative estimate of drug-likeness (QED) is 0.655. The first-order chi connectivity index (χ1) is 7.80. The molecule has 92 valence electrons. The molecule has 0 aliphatic heterocycles. The molecular formula is C12H11F3O2. The average molecular weight is 244 g/mol. The van der Waals surface area contributed by atoms with Crippen LogP contribution in [0.3, 0.4) is 0 Å². The van der Waals surface area contributed by atoms with E-state index in [4.69, 9.17) is 5.11 Å². The predicted molar refractivity (Wildman–Crippen MR) is 56.6 cm³/mol. The largest absolute Gasteiger partial charge is 0.416 e. The zero-order chi connectivity index (χ0) is 13.1. The molecule has 0 aliphatic rings. The minimum Gasteiger partial charge on any atom is -0.389 e. The van der Waals surface area contributed by atoms with Gasteiger partial charge in [-0.1, -0.05) is 18.2 Å². The molecule has 0 fully saturated rings. The van der Waals surface area contributed by atoms with Crippen molar-refractivity contribution in [2.24, 2.45) is 0 Å². The number of halogens is 3. The monoisotopic (exact) mass is 244 g/mol. The Balaban J connectivity index is 2.85. The lowest BCUT2D eigenvalue weighted by molar-refractivity contribution is -0.137. The van der Waals surface area contributed by atoms with Gasteiger partial charge in [0.1, 0.15) is 0 Å². The molecule has 2 nitrogen and oxygen atoms in total. The first-order valence-electron chi connectivity index (χ1n) is 4.88. The van der Waals surface area contributed by atoms with E-state index in [0.717, 1.165) is 30.3 Å². The normalized spacial score (nSPS) is 13.9. The molecule has 1 atom stereocenters. The molecule has 5 heteroatoms. The van der Waals surface area contributed by atoms with Crippen molar-refractivity contribution in [1.29, 1.82) is 0 Å². The smallest absolute Gasteiger partial charge is 0.389 e. The number of aliphatic hydroxyl groups excluding tert-OH is 1. The van der Waals surface area contributed by atoms with Gasteiger partial charge in [0.25, 0.3) is 0 Å². The molecule has 0 aromatic heterocycles. The zero-order valence-electron chi connectivity index (χ0n) is 9.03. The Morgan fingerprint density at radius 1 is 1.29 bits per heavy atom. The maximum absolute atomic E-state index is 12.2. The maximum atomic E-state index is 12.2. The molecule has 0 saturated carbocycles. The number of rotatable bonds is 3. The summed E-state index contributed by atoms with van der Waals surface area (Å²) in [5.74, 6) is -0.445. The Morgan fingerprint density at radius 2 is 1.82 bits per heavy atom. The van der Waals surface area contributed by atoms with E-state index in [2.05, 4.69) is 0 Å². The van der Waals surface area contributed by atoms with Crippen LogP contribution < -0.4 is 0 Å². The van der Waals surface area contributed by atoms with Crippen LogP contribution in [0, 0.1) is 0 Å². The molecule has 17 heavy (non-hydrogen) atoms. The fraction of sp³-hybridized carbons (Fsp3) is 0.250. The number of aliphatic hydroxyl groups is 1. The van der Waals surface area contributed by atoms with Crippen LogP contribution in [0.2, 0.25) is 0 Å². The Labute approximate surface area is 96.4 Å². The highest BCUT2D eigenvalue weighted by Gasteiger charge is 2.30. The van der Waals surface area contributed by atoms with E-state index in [1.165, 1.54) is 13.0 Å². The van der Waals surface area contributed by atoms with Crippen LogP contribution in [0.15, 0.2) is 36.4 Å². The van der Waals surface area contributed by atoms with Crippen molar-refractivity contribution >= 4 is 5.78 Å². The second-order valence-corrected chi connectivity index (χ2v) is 3.54. The number of hydrogen-bond acceptors (Lipinski definition) is 2. The standard InChI is InChI=1S/C12H11F3O2/c1-8(16)2-7-11(17)9-3-5-10(6-4-9)12(13,14)15/h2-8,16H,1H3/b7-2+. The number of carbonyl (C=O) groups excluding carboxylic acids is 1. The van der Waals surface area contributed by atoms with Gasteiger partial charge in [0.2, 0.25) is 0 Å². The predicted octanol–water partition coefficient (Wildman–Crippen LogP) is 2.83. The number of hydrogen-bond donors (Lipinski definition) is 1. The molecular weight excluding hydrogens is 233 g/mol. The third kappa shape index (κ3) is 4.03. The fourth-order valence-electron chi connectivity index (χ4n) is 1.15. The van der Waals surface area contributed by atoms with E-state index in [1.807, 2.05) is 0 Å². The molecule has 0 saturated heterocycles. The van der Waals surface area contributed by atoms with Gasteiger partial charge >= 0.3 is 6.18 Å². The highest BCUT2D eigenvalue weighted by molar-refractivity contribution is 6.04. The molecule has 0 aliphatic carbocycles. The minimum atomic E-state index is -4.41. The first kappa shape index (κ1) is 13.4. The summed E-state index contributed by atoms with van der Waals surface area (Å²) in [6.07, 6.45) is -2.78. The summed E-state index contributed by atoms with van der Waals surface area (Å²) >= 11 is 0. The van der Waals surface area contributed by atoms with E-state index in [0.29, 0.717) is 0 Å². The van der Waals surface area contributed by atoms with Gasteiger partial charge in [0, 0.05) is 5.56 Å². The summed E-state index contributed by atoms with van der Waals surface area (Å²) in [4.78, 5) is 11.4. The van der Waals surface area contributed by atoms with Gasteiger partial charge in [-0.25, -0.2) is 0 Å². The van der Waals surface area contributed by atoms with Crippen molar-refractivity contribution in [3.8, 4) is 0 Å². The zero-order valence-corrected chi connectivity index (χ0v) is 9.03. The lowest BCUT2D eigenvalue weighted by atomic mass is 10.1. The SMILES string of the molecule is CC(O)/C=C/C(=O)c1ccc(C(F)(F)F)cc1. The first-order valence-corrected chi connectivity index (χ1v) is 4.88. The highest BCUT2D eigenvalue weighted by Crippen LogP contribution is 2.29. The lowest BCUT2D eigenvalue weighted by Crippen LogP contribution is -2.05. The number of allylic oxidation sites excluding steroid dienone is 1. The minimum absolute atomic E-state index is 0.148. The number of benzene rings is 1. The highest BCUT2D eigenvalue weighted by atomic mass is 19.4. The van der Waals surface area contributed by atoms with Gasteiger partial charge in [-0.05, 0) is 25.1 Å². The molecule has 1 unspecified atom stereocenters. The van der Waals surface area contributed by atoms with Crippen LogP contribution in [0.1, 0.15) is 22.8 Å². The maximum Gasteiger partial charge on any atom is 0.416 e. The molecule has 1 N–H and O–H groups in total. The third-order valence-electron chi connectivity index (χ3n) is 2.02. The van der Waals surface area contributed by atoms with E-state index < -0.39 is 23.6 Å². The van der Waals surface area contributed by atoms with Crippen LogP contribution in [-0.2, 0) is 6.18 Å². The Morgan fingerprint density at radius 3 is 2.24 bits per heavy atom. The summed E-state index contributed by atoms with van der Waals surface area (Å²) in [7, 11) is 0. The second-order valence-electron chi connectivity index (χ2n) is 3.54. The summed E-state index contributed by atoms with van der Waals surface area (Å²) in [6, 6.07) is 3.92. The molecule has 0 amide bonds. The van der Waals surface area contributed by atoms with Gasteiger partial charge in [-0.15, -0.1) is 0 Å². The molecule has 1 rings (SSSR count). The molecule has 0 heterocycles. The van der Waals surface area contributed by atoms with Gasteiger partial charge in [-0.3, -0.25) is 4.79 Å². The van der Waals surface area contributed by atoms with E-state index in [9.17, 15) is 18.0 Å². The third-order valence-corrected chi connectivity index (χ3v) is 2.02. The van der Waals surface area contributed by atoms with Crippen molar-refractivity contribution < 1.29 is 23.1 Å². The van der Waals surface area contributed by atoms with Crippen molar-refractivity contribution in [3.05, 3.63) is 47.5 Å². The van der Waals surface area contributed by atoms with Crippen LogP contribution in [-0.4, -0.2) is 17.0 Å². The van der Waals surface area contributed by atoms with Crippen LogP contribution in [0.25, 0.3) is 0 Å². The summed E-state index contributed by atoms with van der Waals surface area (Å²) in [5.41, 5.74) is -0.650. The summed E-state index contributed by atoms with van der Waals surface area (Å²) in [5, 5.41) is 8.91. The number of alkyl halides is 3. The number of ketones is 1. The summed E-state index contributed by atoms with van der Waals surface area (Å²) < 4.78 is 36.7. The fourth-order valence-corrected chi connectivity index (χ4v) is 1.15. The van der Waals surface area contributed by atoms with E-state index in [1.54, 1.807) is 0 Å². The van der Waals surface area contributed by atoms with E-state index in [-0.39, 0.29) is 5.56 Å². The van der Waals surface area contributed by atoms with Crippen LogP contribution >= 0.6 is 0 Å². The second kappa shape index (κ2) is 5.14. The van der Waals surface area contributed by atoms with Crippen LogP contribution in [0.4, 0.5) is 13.2 Å². The van der Waals surface area contributed by atoms with Gasteiger partial charge < -0.3 is 5.11 Å². The topological polar surface area (TPSA) is 37.3 Å². The molecule has 1 aromatic rings. The van der Waals surface area contributed by atoms with Crippen LogP contribution in [0.5, 0.6) is 0 Å². The van der Waals surface area contributed by atoms with Crippen molar-refractivity contribution in [2.45, 2.75) is 19.2 Å². The Hall–Kier alpha value is -1.62. The summed E-state index contributed by atoms with van der Waals surface area (Å²) in [6.45, 7) is 1.47. The lowest BCUT2D eigenvalue weighted by Gasteiger charge is -2.06. The average Bonchev–Trinajstić information content (AvgIpc) is 2.25. The molecule has 0 radical (unpaired) electrons. The number of carbonyl (C=O) groups is 1. The van der Waals surface area contributed by atoms with Gasteiger partial charge in [0.15, 0.2) is 5.78 Å². The van der Waals surface area contributed by atoms with Gasteiger partial charge in [0.05, 0.1) is 11.7 Å². The Bertz CT molecular complexity index is 416. The van der Waals surface area contributed by atoms with Gasteiger partial charge in [-0.2, -0.15) is 13.2 Å². The van der Waals surface area contributed by atoms with Crippen molar-refractivity contribution in [3.63, 3.8) is 0 Å². The molecule has 0 bridgehead atoms. The van der Waals surface area contributed by atoms with Crippen molar-refractivity contribution in [2.75, 3.05) is 0 Å².